The van der Waals surface area contributed by atoms with Crippen LogP contribution in [0.5, 0.6) is 0 Å². The van der Waals surface area contributed by atoms with Crippen molar-refractivity contribution in [2.75, 3.05) is 12.9 Å². The molecule has 0 spiro atoms. The van der Waals surface area contributed by atoms with E-state index in [9.17, 15) is 9.00 Å². The molecule has 0 saturated carbocycles. The summed E-state index contributed by atoms with van der Waals surface area (Å²) in [7, 11) is -2.31. The van der Waals surface area contributed by atoms with Crippen molar-refractivity contribution in [2.24, 2.45) is 0 Å². The molecule has 2 atom stereocenters. The maximum atomic E-state index is 13.2. The van der Waals surface area contributed by atoms with E-state index in [2.05, 4.69) is 25.8 Å². The smallest absolute Gasteiger partial charge is 0.316 e. The van der Waals surface area contributed by atoms with Gasteiger partial charge in [-0.05, 0) is 70.0 Å². The summed E-state index contributed by atoms with van der Waals surface area (Å²) in [5.74, 6) is 3.89. The fourth-order valence-electron chi connectivity index (χ4n) is 4.02. The average molecular weight is 521 g/mol. The van der Waals surface area contributed by atoms with Crippen molar-refractivity contribution >= 4 is 32.7 Å². The van der Waals surface area contributed by atoms with Crippen LogP contribution in [0.3, 0.4) is 0 Å². The van der Waals surface area contributed by atoms with Gasteiger partial charge in [0.1, 0.15) is 16.7 Å². The Labute approximate surface area is 217 Å². The molecule has 0 bridgehead atoms. The van der Waals surface area contributed by atoms with E-state index in [-0.39, 0.29) is 11.9 Å². The molecule has 2 aromatic heterocycles. The van der Waals surface area contributed by atoms with Crippen molar-refractivity contribution in [2.45, 2.75) is 43.9 Å². The molecule has 36 heavy (non-hydrogen) atoms. The topological polar surface area (TPSA) is 61.2 Å². The van der Waals surface area contributed by atoms with E-state index in [1.54, 1.807) is 17.6 Å². The summed E-state index contributed by atoms with van der Waals surface area (Å²) in [5.41, 5.74) is 2.96. The first-order valence-electron chi connectivity index (χ1n) is 12.0. The molecule has 0 amide bonds. The number of imidazole rings is 1. The molecule has 188 valence electrons. The number of carbonyl (C=O) groups is 1. The van der Waals surface area contributed by atoms with Crippen LogP contribution in [0, 0.1) is 0 Å². The predicted octanol–water partition coefficient (Wildman–Crippen LogP) is 6.32. The van der Waals surface area contributed by atoms with E-state index in [4.69, 9.17) is 9.72 Å². The van der Waals surface area contributed by atoms with Crippen LogP contribution in [0.15, 0.2) is 77.8 Å². The Morgan fingerprint density at radius 1 is 1.11 bits per heavy atom. The largest absolute Gasteiger partial charge is 0.465 e. The minimum absolute atomic E-state index is 0.204. The van der Waals surface area contributed by atoms with Crippen molar-refractivity contribution in [3.05, 3.63) is 90.0 Å². The van der Waals surface area contributed by atoms with E-state index < -0.39 is 15.4 Å². The van der Waals surface area contributed by atoms with Crippen molar-refractivity contribution in [3.63, 3.8) is 0 Å². The van der Waals surface area contributed by atoms with Gasteiger partial charge in [-0.3, -0.25) is 13.6 Å². The van der Waals surface area contributed by atoms with Gasteiger partial charge in [0.15, 0.2) is 0 Å². The third kappa shape index (κ3) is 5.79. The van der Waals surface area contributed by atoms with E-state index in [0.717, 1.165) is 31.6 Å². The van der Waals surface area contributed by atoms with Gasteiger partial charge in [0.2, 0.25) is 0 Å². The van der Waals surface area contributed by atoms with Gasteiger partial charge in [-0.2, -0.15) is 0 Å². The quantitative estimate of drug-likeness (QED) is 0.191. The molecule has 5 nitrogen and oxygen atoms in total. The molecule has 0 saturated heterocycles. The van der Waals surface area contributed by atoms with Gasteiger partial charge in [-0.25, -0.2) is 4.98 Å². The number of ether oxygens (including phenoxy) is 1. The Kier molecular flexibility index (Phi) is 7.81. The molecule has 0 aliphatic heterocycles. The highest BCUT2D eigenvalue weighted by molar-refractivity contribution is 7.99. The Morgan fingerprint density at radius 2 is 1.86 bits per heavy atom. The number of hydrogen-bond donors (Lipinski definition) is 0. The summed E-state index contributed by atoms with van der Waals surface area (Å²) in [4.78, 5) is 19.9. The molecule has 0 aliphatic rings. The lowest BCUT2D eigenvalue weighted by atomic mass is 9.98. The lowest BCUT2D eigenvalue weighted by molar-refractivity contribution is -0.145. The van der Waals surface area contributed by atoms with Crippen molar-refractivity contribution in [1.82, 2.24) is 9.55 Å². The molecule has 0 fully saturated rings. The maximum Gasteiger partial charge on any atom is 0.316 e. The second kappa shape index (κ2) is 10.8. The second-order valence-corrected chi connectivity index (χ2v) is 12.8. The molecule has 4 rings (SSSR count). The zero-order chi connectivity index (χ0) is 25.9. The van der Waals surface area contributed by atoms with E-state index >= 15 is 0 Å². The molecule has 4 aromatic rings. The minimum Gasteiger partial charge on any atom is -0.465 e. The van der Waals surface area contributed by atoms with Crippen LogP contribution in [0.1, 0.15) is 49.7 Å². The third-order valence-electron chi connectivity index (χ3n) is 5.96. The molecular formula is C29H32N2O3S2. The summed E-state index contributed by atoms with van der Waals surface area (Å²) in [5, 5.41) is 0.957. The number of aromatic nitrogens is 2. The Hall–Kier alpha value is -3.16. The number of thiophene rings is 1. The highest BCUT2D eigenvalue weighted by atomic mass is 32.2. The summed E-state index contributed by atoms with van der Waals surface area (Å²) < 4.78 is 20.0. The highest BCUT2D eigenvalue weighted by Gasteiger charge is 2.29. The van der Waals surface area contributed by atoms with Crippen LogP contribution >= 0.6 is 11.3 Å². The summed E-state index contributed by atoms with van der Waals surface area (Å²) in [6.45, 7) is 6.33. The predicted molar refractivity (Wildman–Crippen MR) is 150 cm³/mol. The SMILES string of the molecule is C=S(C)(=O)c1cccc(-c2ccc(-n3cc(C(C)C)nc3C(Cc3ccccc3)C(=O)OCC)s2)c1. The molecule has 2 heterocycles. The van der Waals surface area contributed by atoms with Gasteiger partial charge >= 0.3 is 5.97 Å². The van der Waals surface area contributed by atoms with Gasteiger partial charge in [-0.15, -0.1) is 11.3 Å². The summed E-state index contributed by atoms with van der Waals surface area (Å²) in [6.07, 6.45) is 4.18. The molecule has 0 aliphatic carbocycles. The third-order valence-corrected chi connectivity index (χ3v) is 8.34. The molecule has 7 heteroatoms. The number of hydrogen-bond acceptors (Lipinski definition) is 5. The molecule has 0 N–H and O–H groups in total. The fourth-order valence-corrected chi connectivity index (χ4v) is 5.75. The van der Waals surface area contributed by atoms with Crippen LogP contribution in [0.2, 0.25) is 0 Å². The van der Waals surface area contributed by atoms with Crippen LogP contribution in [-0.2, 0) is 25.5 Å². The van der Waals surface area contributed by atoms with Gasteiger partial charge in [-0.1, -0.05) is 56.3 Å². The average Bonchev–Trinajstić information content (AvgIpc) is 3.51. The Morgan fingerprint density at radius 3 is 2.53 bits per heavy atom. The molecular weight excluding hydrogens is 488 g/mol. The number of benzene rings is 2. The van der Waals surface area contributed by atoms with E-state index in [1.165, 1.54) is 0 Å². The van der Waals surface area contributed by atoms with Crippen LogP contribution < -0.4 is 0 Å². The molecule has 0 radical (unpaired) electrons. The minimum atomic E-state index is -2.31. The van der Waals surface area contributed by atoms with Crippen molar-refractivity contribution < 1.29 is 13.7 Å². The first-order chi connectivity index (χ1) is 17.2. The van der Waals surface area contributed by atoms with E-state index in [0.29, 0.717) is 18.9 Å². The van der Waals surface area contributed by atoms with Gasteiger partial charge < -0.3 is 4.74 Å². The van der Waals surface area contributed by atoms with Crippen LogP contribution in [0.4, 0.5) is 0 Å². The Balaban J connectivity index is 1.79. The fraction of sp³-hybridized carbons (Fsp3) is 0.276. The number of rotatable bonds is 9. The zero-order valence-corrected chi connectivity index (χ0v) is 22.8. The lowest BCUT2D eigenvalue weighted by Gasteiger charge is -2.16. The van der Waals surface area contributed by atoms with Crippen molar-refractivity contribution in [3.8, 4) is 15.4 Å². The van der Waals surface area contributed by atoms with Crippen LogP contribution in [-0.4, -0.2) is 38.5 Å². The summed E-state index contributed by atoms with van der Waals surface area (Å²) >= 11 is 1.60. The Bertz CT molecular complexity index is 1450. The van der Waals surface area contributed by atoms with Gasteiger partial charge in [0.25, 0.3) is 0 Å². The number of esters is 1. The summed E-state index contributed by atoms with van der Waals surface area (Å²) in [6, 6.07) is 21.8. The van der Waals surface area contributed by atoms with Gasteiger partial charge in [0.05, 0.1) is 12.3 Å². The molecule has 2 aromatic carbocycles. The number of nitrogens with zero attached hydrogens (tertiary/aromatic N) is 2. The maximum absolute atomic E-state index is 13.2. The highest BCUT2D eigenvalue weighted by Crippen LogP contribution is 2.35. The van der Waals surface area contributed by atoms with E-state index in [1.807, 2.05) is 78.4 Å². The van der Waals surface area contributed by atoms with Crippen LogP contribution in [0.25, 0.3) is 15.4 Å². The normalized spacial score (nSPS) is 13.9. The zero-order valence-electron chi connectivity index (χ0n) is 21.1. The first kappa shape index (κ1) is 25.9. The van der Waals surface area contributed by atoms with Crippen molar-refractivity contribution in [1.29, 1.82) is 0 Å². The second-order valence-electron chi connectivity index (χ2n) is 9.21. The first-order valence-corrected chi connectivity index (χ1v) is 14.9. The standard InChI is InChI=1S/C29H32N2O3S2/c1-6-34-29(32)24(17-21-11-8-7-9-12-21)28-30-25(20(2)3)19-31(28)27-16-15-26(35-27)22-13-10-14-23(18-22)36(4,5)33/h7-16,18-20,24H,4,6,17H2,1-3,5H3. The molecule has 2 unspecified atom stereocenters. The lowest BCUT2D eigenvalue weighted by Crippen LogP contribution is -2.21. The van der Waals surface area contributed by atoms with Gasteiger partial charge in [0, 0.05) is 22.2 Å². The monoisotopic (exact) mass is 520 g/mol. The number of carbonyl (C=O) groups excluding carboxylic acids is 1.